The zero-order valence-electron chi connectivity index (χ0n) is 14.8. The minimum Gasteiger partial charge on any atom is -0.497 e. The predicted molar refractivity (Wildman–Crippen MR) is 107 cm³/mol. The standard InChI is InChI=1S/C18H22N2O3S2/c1-5-14-11(3)25-16(15(14)17(21)23-6-2)20-18(24)19-12-7-9-13(22-4)10-8-12/h7-10H,5-6H2,1-4H3,(H2,19,20,24). The Labute approximate surface area is 157 Å². The Morgan fingerprint density at radius 1 is 1.20 bits per heavy atom. The second-order valence-electron chi connectivity index (χ2n) is 5.22. The van der Waals surface area contributed by atoms with Gasteiger partial charge in [-0.2, -0.15) is 0 Å². The van der Waals surface area contributed by atoms with Crippen LogP contribution in [0.3, 0.4) is 0 Å². The third-order valence-electron chi connectivity index (χ3n) is 3.62. The summed E-state index contributed by atoms with van der Waals surface area (Å²) in [4.78, 5) is 13.4. The second kappa shape index (κ2) is 8.82. The highest BCUT2D eigenvalue weighted by Crippen LogP contribution is 2.34. The van der Waals surface area contributed by atoms with Crippen molar-refractivity contribution < 1.29 is 14.3 Å². The van der Waals surface area contributed by atoms with Crippen molar-refractivity contribution in [3.63, 3.8) is 0 Å². The normalized spacial score (nSPS) is 10.2. The van der Waals surface area contributed by atoms with Crippen LogP contribution in [0.2, 0.25) is 0 Å². The first-order chi connectivity index (χ1) is 12.0. The van der Waals surface area contributed by atoms with Crippen LogP contribution in [0.4, 0.5) is 10.7 Å². The molecule has 1 aromatic carbocycles. The second-order valence-corrected chi connectivity index (χ2v) is 6.86. The van der Waals surface area contributed by atoms with Gasteiger partial charge in [-0.25, -0.2) is 4.79 Å². The van der Waals surface area contributed by atoms with Crippen LogP contribution in [-0.4, -0.2) is 24.8 Å². The fourth-order valence-electron chi connectivity index (χ4n) is 2.45. The number of nitrogens with one attached hydrogen (secondary N) is 2. The fourth-order valence-corrected chi connectivity index (χ4v) is 3.87. The van der Waals surface area contributed by atoms with E-state index in [2.05, 4.69) is 10.6 Å². The van der Waals surface area contributed by atoms with Crippen LogP contribution >= 0.6 is 23.6 Å². The van der Waals surface area contributed by atoms with E-state index in [9.17, 15) is 4.79 Å². The third kappa shape index (κ3) is 4.70. The molecule has 2 aromatic rings. The number of rotatable bonds is 6. The summed E-state index contributed by atoms with van der Waals surface area (Å²) in [6.07, 6.45) is 0.761. The van der Waals surface area contributed by atoms with E-state index in [-0.39, 0.29) is 5.97 Å². The number of hydrogen-bond acceptors (Lipinski definition) is 5. The molecule has 25 heavy (non-hydrogen) atoms. The van der Waals surface area contributed by atoms with Crippen molar-refractivity contribution in [2.45, 2.75) is 27.2 Å². The average molecular weight is 379 g/mol. The first kappa shape index (κ1) is 19.2. The minimum absolute atomic E-state index is 0.321. The SMILES string of the molecule is CCOC(=O)c1c(NC(=S)Nc2ccc(OC)cc2)sc(C)c1CC. The molecule has 2 N–H and O–H groups in total. The number of hydrogen-bond donors (Lipinski definition) is 2. The third-order valence-corrected chi connectivity index (χ3v) is 4.88. The van der Waals surface area contributed by atoms with Gasteiger partial charge >= 0.3 is 5.97 Å². The molecule has 0 radical (unpaired) electrons. The molecular weight excluding hydrogens is 356 g/mol. The number of methoxy groups -OCH3 is 1. The monoisotopic (exact) mass is 378 g/mol. The Hall–Kier alpha value is -2.12. The van der Waals surface area contributed by atoms with Gasteiger partial charge in [0.15, 0.2) is 5.11 Å². The number of benzene rings is 1. The molecule has 0 spiro atoms. The van der Waals surface area contributed by atoms with Crippen molar-refractivity contribution in [1.29, 1.82) is 0 Å². The van der Waals surface area contributed by atoms with Gasteiger partial charge in [0.05, 0.1) is 19.3 Å². The number of thiocarbonyl (C=S) groups is 1. The Bertz CT molecular complexity index is 754. The van der Waals surface area contributed by atoms with Gasteiger partial charge in [0.25, 0.3) is 0 Å². The van der Waals surface area contributed by atoms with Crippen LogP contribution in [0.15, 0.2) is 24.3 Å². The summed E-state index contributed by atoms with van der Waals surface area (Å²) in [5.74, 6) is 0.453. The Kier molecular flexibility index (Phi) is 6.78. The quantitative estimate of drug-likeness (QED) is 0.565. The van der Waals surface area contributed by atoms with Crippen molar-refractivity contribution in [3.05, 3.63) is 40.3 Å². The minimum atomic E-state index is -0.321. The van der Waals surface area contributed by atoms with E-state index in [4.69, 9.17) is 21.7 Å². The van der Waals surface area contributed by atoms with E-state index < -0.39 is 0 Å². The molecule has 0 aliphatic heterocycles. The van der Waals surface area contributed by atoms with Crippen molar-refractivity contribution in [1.82, 2.24) is 0 Å². The number of carbonyl (C=O) groups excluding carboxylic acids is 1. The number of ether oxygens (including phenoxy) is 2. The number of anilines is 2. The predicted octanol–water partition coefficient (Wildman–Crippen LogP) is 4.61. The van der Waals surface area contributed by atoms with Gasteiger partial charge in [0.1, 0.15) is 10.8 Å². The van der Waals surface area contributed by atoms with Crippen LogP contribution in [0.1, 0.15) is 34.6 Å². The smallest absolute Gasteiger partial charge is 0.341 e. The van der Waals surface area contributed by atoms with E-state index in [0.717, 1.165) is 28.3 Å². The number of thiophene rings is 1. The maximum absolute atomic E-state index is 12.3. The molecule has 0 aliphatic rings. The Morgan fingerprint density at radius 2 is 1.88 bits per heavy atom. The molecule has 0 fully saturated rings. The van der Waals surface area contributed by atoms with Crippen LogP contribution in [-0.2, 0) is 11.2 Å². The highest BCUT2D eigenvalue weighted by molar-refractivity contribution is 7.80. The summed E-state index contributed by atoms with van der Waals surface area (Å²) in [7, 11) is 1.62. The topological polar surface area (TPSA) is 59.6 Å². The summed E-state index contributed by atoms with van der Waals surface area (Å²) < 4.78 is 10.3. The first-order valence-corrected chi connectivity index (χ1v) is 9.24. The van der Waals surface area contributed by atoms with E-state index >= 15 is 0 Å². The summed E-state index contributed by atoms with van der Waals surface area (Å²) >= 11 is 6.89. The largest absolute Gasteiger partial charge is 0.497 e. The molecule has 0 atom stereocenters. The van der Waals surface area contributed by atoms with Gasteiger partial charge in [0.2, 0.25) is 0 Å². The van der Waals surface area contributed by atoms with Crippen LogP contribution in [0, 0.1) is 6.92 Å². The first-order valence-electron chi connectivity index (χ1n) is 8.01. The van der Waals surface area contributed by atoms with E-state index in [1.165, 1.54) is 11.3 Å². The molecule has 0 bridgehead atoms. The van der Waals surface area contributed by atoms with Gasteiger partial charge < -0.3 is 20.1 Å². The summed E-state index contributed by atoms with van der Waals surface area (Å²) in [5, 5.41) is 7.36. The number of esters is 1. The van der Waals surface area contributed by atoms with Crippen molar-refractivity contribution >= 4 is 45.3 Å². The van der Waals surface area contributed by atoms with Gasteiger partial charge in [0, 0.05) is 10.6 Å². The van der Waals surface area contributed by atoms with Crippen LogP contribution in [0.5, 0.6) is 5.75 Å². The summed E-state index contributed by atoms with van der Waals surface area (Å²) in [6, 6.07) is 7.44. The highest BCUT2D eigenvalue weighted by atomic mass is 32.1. The molecule has 2 rings (SSSR count). The maximum atomic E-state index is 12.3. The number of carbonyl (C=O) groups is 1. The van der Waals surface area contributed by atoms with E-state index in [0.29, 0.717) is 22.3 Å². The van der Waals surface area contributed by atoms with E-state index in [1.54, 1.807) is 14.0 Å². The molecule has 0 saturated heterocycles. The van der Waals surface area contributed by atoms with Gasteiger partial charge in [-0.3, -0.25) is 0 Å². The molecule has 0 unspecified atom stereocenters. The lowest BCUT2D eigenvalue weighted by atomic mass is 10.1. The maximum Gasteiger partial charge on any atom is 0.341 e. The Morgan fingerprint density at radius 3 is 2.44 bits per heavy atom. The summed E-state index contributed by atoms with van der Waals surface area (Å²) in [6.45, 7) is 6.16. The zero-order chi connectivity index (χ0) is 18.4. The fraction of sp³-hybridized carbons (Fsp3) is 0.333. The van der Waals surface area contributed by atoms with Crippen molar-refractivity contribution in [3.8, 4) is 5.75 Å². The van der Waals surface area contributed by atoms with Crippen LogP contribution < -0.4 is 15.4 Å². The molecule has 134 valence electrons. The van der Waals surface area contributed by atoms with Gasteiger partial charge in [-0.1, -0.05) is 6.92 Å². The number of aryl methyl sites for hydroxylation is 1. The molecule has 0 amide bonds. The summed E-state index contributed by atoms with van der Waals surface area (Å²) in [5.41, 5.74) is 2.41. The molecule has 5 nitrogen and oxygen atoms in total. The van der Waals surface area contributed by atoms with Crippen molar-refractivity contribution in [2.24, 2.45) is 0 Å². The molecule has 1 aromatic heterocycles. The Balaban J connectivity index is 2.17. The molecular formula is C18H22N2O3S2. The lowest BCUT2D eigenvalue weighted by Gasteiger charge is -2.11. The van der Waals surface area contributed by atoms with E-state index in [1.807, 2.05) is 38.1 Å². The van der Waals surface area contributed by atoms with Crippen LogP contribution in [0.25, 0.3) is 0 Å². The molecule has 0 saturated carbocycles. The lowest BCUT2D eigenvalue weighted by Crippen LogP contribution is -2.20. The van der Waals surface area contributed by atoms with Gasteiger partial charge in [-0.15, -0.1) is 11.3 Å². The molecule has 7 heteroatoms. The highest BCUT2D eigenvalue weighted by Gasteiger charge is 2.22. The molecule has 0 aliphatic carbocycles. The lowest BCUT2D eigenvalue weighted by molar-refractivity contribution is 0.0527. The average Bonchev–Trinajstić information content (AvgIpc) is 2.90. The molecule has 1 heterocycles. The van der Waals surface area contributed by atoms with Gasteiger partial charge in [-0.05, 0) is 62.3 Å². The zero-order valence-corrected chi connectivity index (χ0v) is 16.4. The van der Waals surface area contributed by atoms with Crippen molar-refractivity contribution in [2.75, 3.05) is 24.4 Å².